The summed E-state index contributed by atoms with van der Waals surface area (Å²) in [6.07, 6.45) is 5.19. The fourth-order valence-corrected chi connectivity index (χ4v) is 4.47. The highest BCUT2D eigenvalue weighted by atomic mass is 16.5. The molecule has 1 unspecified atom stereocenters. The predicted molar refractivity (Wildman–Crippen MR) is 126 cm³/mol. The average Bonchev–Trinajstić information content (AvgIpc) is 2.85. The minimum Gasteiger partial charge on any atom is -0.489 e. The number of aliphatic hydroxyl groups is 1. The lowest BCUT2D eigenvalue weighted by Crippen LogP contribution is -2.34. The van der Waals surface area contributed by atoms with Gasteiger partial charge in [-0.1, -0.05) is 72.8 Å². The van der Waals surface area contributed by atoms with Crippen molar-refractivity contribution in [2.45, 2.75) is 56.8 Å². The van der Waals surface area contributed by atoms with E-state index in [1.807, 2.05) is 48.5 Å². The summed E-state index contributed by atoms with van der Waals surface area (Å²) >= 11 is 0. The third kappa shape index (κ3) is 6.43. The van der Waals surface area contributed by atoms with E-state index in [2.05, 4.69) is 41.7 Å². The summed E-state index contributed by atoms with van der Waals surface area (Å²) in [5, 5.41) is 14.0. The first-order valence-corrected chi connectivity index (χ1v) is 11.5. The molecule has 3 aromatic rings. The summed E-state index contributed by atoms with van der Waals surface area (Å²) in [5.74, 6) is 1.57. The van der Waals surface area contributed by atoms with E-state index < -0.39 is 0 Å². The Morgan fingerprint density at radius 2 is 1.45 bits per heavy atom. The lowest BCUT2D eigenvalue weighted by molar-refractivity contribution is 0.164. The second kappa shape index (κ2) is 11.1. The highest BCUT2D eigenvalue weighted by Crippen LogP contribution is 2.33. The third-order valence-corrected chi connectivity index (χ3v) is 6.36. The average molecular weight is 416 g/mol. The lowest BCUT2D eigenvalue weighted by Gasteiger charge is -2.30. The van der Waals surface area contributed by atoms with E-state index >= 15 is 0 Å². The standard InChI is InChI=1S/C28H33NO2/c30-28(25-9-5-2-6-10-25)19-20-29-26-15-11-23(12-16-26)24-13-17-27(18-14-24)31-21-22-7-3-1-4-8-22/h1-10,13-14,17-18,23,26,28-30H,11-12,15-16,19-21H2. The van der Waals surface area contributed by atoms with Crippen LogP contribution in [0.15, 0.2) is 84.9 Å². The van der Waals surface area contributed by atoms with E-state index in [1.54, 1.807) is 0 Å². The van der Waals surface area contributed by atoms with Gasteiger partial charge in [-0.25, -0.2) is 0 Å². The molecule has 1 aliphatic rings. The van der Waals surface area contributed by atoms with Crippen LogP contribution in [0.5, 0.6) is 5.75 Å². The van der Waals surface area contributed by atoms with Gasteiger partial charge in [-0.3, -0.25) is 0 Å². The van der Waals surface area contributed by atoms with Crippen molar-refractivity contribution in [2.24, 2.45) is 0 Å². The third-order valence-electron chi connectivity index (χ3n) is 6.36. The molecular formula is C28H33NO2. The van der Waals surface area contributed by atoms with Crippen molar-refractivity contribution in [1.29, 1.82) is 0 Å². The summed E-state index contributed by atoms with van der Waals surface area (Å²) < 4.78 is 5.92. The van der Waals surface area contributed by atoms with E-state index in [1.165, 1.54) is 36.8 Å². The van der Waals surface area contributed by atoms with Crippen molar-refractivity contribution in [3.05, 3.63) is 102 Å². The maximum absolute atomic E-state index is 10.3. The number of nitrogens with one attached hydrogen (secondary N) is 1. The van der Waals surface area contributed by atoms with Crippen molar-refractivity contribution < 1.29 is 9.84 Å². The van der Waals surface area contributed by atoms with Crippen LogP contribution < -0.4 is 10.1 Å². The van der Waals surface area contributed by atoms with Crippen LogP contribution in [-0.4, -0.2) is 17.7 Å². The number of aliphatic hydroxyl groups excluding tert-OH is 1. The molecule has 0 aromatic heterocycles. The first kappa shape index (κ1) is 21.6. The van der Waals surface area contributed by atoms with Crippen LogP contribution in [0, 0.1) is 0 Å². The second-order valence-corrected chi connectivity index (χ2v) is 8.56. The van der Waals surface area contributed by atoms with Gasteiger partial charge in [-0.15, -0.1) is 0 Å². The summed E-state index contributed by atoms with van der Waals surface area (Å²) in [7, 11) is 0. The molecule has 0 bridgehead atoms. The Balaban J connectivity index is 1.17. The van der Waals surface area contributed by atoms with Gasteiger partial charge in [0.15, 0.2) is 0 Å². The van der Waals surface area contributed by atoms with Gasteiger partial charge < -0.3 is 15.2 Å². The van der Waals surface area contributed by atoms with Gasteiger partial charge >= 0.3 is 0 Å². The van der Waals surface area contributed by atoms with Crippen LogP contribution in [0.2, 0.25) is 0 Å². The van der Waals surface area contributed by atoms with Crippen LogP contribution in [0.4, 0.5) is 0 Å². The van der Waals surface area contributed by atoms with E-state index in [0.717, 1.165) is 24.3 Å². The van der Waals surface area contributed by atoms with E-state index in [-0.39, 0.29) is 6.10 Å². The van der Waals surface area contributed by atoms with Gasteiger partial charge in [0, 0.05) is 6.04 Å². The fourth-order valence-electron chi connectivity index (χ4n) is 4.47. The molecule has 0 aliphatic heterocycles. The van der Waals surface area contributed by atoms with Crippen LogP contribution in [-0.2, 0) is 6.61 Å². The Bertz CT molecular complexity index is 887. The minimum atomic E-state index is -0.382. The van der Waals surface area contributed by atoms with Gasteiger partial charge in [0.1, 0.15) is 12.4 Å². The quantitative estimate of drug-likeness (QED) is 0.450. The van der Waals surface area contributed by atoms with Crippen molar-refractivity contribution >= 4 is 0 Å². The number of ether oxygens (including phenoxy) is 1. The summed E-state index contributed by atoms with van der Waals surface area (Å²) in [5.41, 5.74) is 3.61. The molecule has 1 aliphatic carbocycles. The first-order chi connectivity index (χ1) is 15.3. The van der Waals surface area contributed by atoms with E-state index in [4.69, 9.17) is 4.74 Å². The van der Waals surface area contributed by atoms with E-state index in [9.17, 15) is 5.11 Å². The van der Waals surface area contributed by atoms with Gasteiger partial charge in [-0.05, 0) is 73.4 Å². The van der Waals surface area contributed by atoms with Crippen LogP contribution in [0.1, 0.15) is 60.8 Å². The molecule has 0 amide bonds. The topological polar surface area (TPSA) is 41.5 Å². The summed E-state index contributed by atoms with van der Waals surface area (Å²) in [6, 6.07) is 29.4. The molecule has 2 N–H and O–H groups in total. The van der Waals surface area contributed by atoms with Crippen LogP contribution >= 0.6 is 0 Å². The summed E-state index contributed by atoms with van der Waals surface area (Å²) in [4.78, 5) is 0. The Kier molecular flexibility index (Phi) is 7.76. The second-order valence-electron chi connectivity index (χ2n) is 8.56. The van der Waals surface area contributed by atoms with E-state index in [0.29, 0.717) is 18.6 Å². The molecule has 1 fully saturated rings. The molecule has 1 saturated carbocycles. The molecule has 3 aromatic carbocycles. The maximum Gasteiger partial charge on any atom is 0.119 e. The van der Waals surface area contributed by atoms with Crippen LogP contribution in [0.25, 0.3) is 0 Å². The Morgan fingerprint density at radius 1 is 0.806 bits per heavy atom. The Labute approximate surface area is 186 Å². The number of hydrogen-bond donors (Lipinski definition) is 2. The number of hydrogen-bond acceptors (Lipinski definition) is 3. The molecule has 0 heterocycles. The molecule has 3 nitrogen and oxygen atoms in total. The molecule has 4 rings (SSSR count). The molecule has 0 spiro atoms. The largest absolute Gasteiger partial charge is 0.489 e. The highest BCUT2D eigenvalue weighted by Gasteiger charge is 2.22. The molecule has 162 valence electrons. The van der Waals surface area contributed by atoms with Gasteiger partial charge in [0.2, 0.25) is 0 Å². The minimum absolute atomic E-state index is 0.382. The zero-order valence-electron chi connectivity index (χ0n) is 18.1. The maximum atomic E-state index is 10.3. The van der Waals surface area contributed by atoms with Crippen molar-refractivity contribution in [1.82, 2.24) is 5.32 Å². The molecule has 3 heteroatoms. The Morgan fingerprint density at radius 3 is 2.13 bits per heavy atom. The molecule has 0 saturated heterocycles. The lowest BCUT2D eigenvalue weighted by atomic mass is 9.81. The Hall–Kier alpha value is -2.62. The van der Waals surface area contributed by atoms with Crippen molar-refractivity contribution in [3.63, 3.8) is 0 Å². The SMILES string of the molecule is OC(CCNC1CCC(c2ccc(OCc3ccccc3)cc2)CC1)c1ccccc1. The van der Waals surface area contributed by atoms with Gasteiger partial charge in [-0.2, -0.15) is 0 Å². The van der Waals surface area contributed by atoms with Crippen molar-refractivity contribution in [2.75, 3.05) is 6.54 Å². The van der Waals surface area contributed by atoms with Gasteiger partial charge in [0.05, 0.1) is 6.10 Å². The first-order valence-electron chi connectivity index (χ1n) is 11.5. The fraction of sp³-hybridized carbons (Fsp3) is 0.357. The van der Waals surface area contributed by atoms with Crippen LogP contribution in [0.3, 0.4) is 0 Å². The normalized spacial score (nSPS) is 19.6. The molecular weight excluding hydrogens is 382 g/mol. The number of benzene rings is 3. The zero-order valence-corrected chi connectivity index (χ0v) is 18.1. The van der Waals surface area contributed by atoms with Crippen molar-refractivity contribution in [3.8, 4) is 5.75 Å². The number of rotatable bonds is 9. The smallest absolute Gasteiger partial charge is 0.119 e. The molecule has 1 atom stereocenters. The molecule has 0 radical (unpaired) electrons. The molecule has 31 heavy (non-hydrogen) atoms. The highest BCUT2D eigenvalue weighted by molar-refractivity contribution is 5.30. The zero-order chi connectivity index (χ0) is 21.3. The summed E-state index contributed by atoms with van der Waals surface area (Å²) in [6.45, 7) is 1.47. The predicted octanol–water partition coefficient (Wildman–Crippen LogP) is 6.01. The monoisotopic (exact) mass is 415 g/mol. The van der Waals surface area contributed by atoms with Gasteiger partial charge in [0.25, 0.3) is 0 Å².